The van der Waals surface area contributed by atoms with Gasteiger partial charge in [0.15, 0.2) is 0 Å². The van der Waals surface area contributed by atoms with Crippen LogP contribution in [0, 0.1) is 13.8 Å². The molecule has 2 saturated carbocycles. The molecule has 1 N–H and O–H groups in total. The lowest BCUT2D eigenvalue weighted by Gasteiger charge is -2.33. The fourth-order valence-electron chi connectivity index (χ4n) is 3.38. The van der Waals surface area contributed by atoms with Gasteiger partial charge >= 0.3 is 0 Å². The molecule has 1 aromatic heterocycles. The van der Waals surface area contributed by atoms with Crippen molar-refractivity contribution in [3.8, 4) is 0 Å². The molecule has 0 aromatic carbocycles. The topological polar surface area (TPSA) is 66.1 Å². The highest BCUT2D eigenvalue weighted by Gasteiger charge is 2.44. The van der Waals surface area contributed by atoms with Gasteiger partial charge in [-0.15, -0.1) is 0 Å². The number of H-pyrrole nitrogens is 1. The molecular weight excluding hydrogens is 274 g/mol. The van der Waals surface area contributed by atoms with Crippen LogP contribution < -0.4 is 0 Å². The van der Waals surface area contributed by atoms with Crippen molar-refractivity contribution < 1.29 is 8.42 Å². The van der Waals surface area contributed by atoms with Crippen molar-refractivity contribution in [2.24, 2.45) is 0 Å². The molecule has 5 nitrogen and oxygen atoms in total. The number of hydrogen-bond donors (Lipinski definition) is 1. The van der Waals surface area contributed by atoms with Gasteiger partial charge in [-0.1, -0.05) is 19.3 Å². The molecule has 6 heteroatoms. The third-order valence-electron chi connectivity index (χ3n) is 4.44. The Morgan fingerprint density at radius 1 is 1.05 bits per heavy atom. The molecule has 0 aliphatic heterocycles. The number of aromatic amines is 1. The summed E-state index contributed by atoms with van der Waals surface area (Å²) in [7, 11) is -3.42. The standard InChI is InChI=1S/C14H23N3O2S/c1-10-14(11(2)16-15-10)20(18,19)17(13-8-9-13)12-6-4-3-5-7-12/h12-13H,3-9H2,1-2H3,(H,15,16). The van der Waals surface area contributed by atoms with E-state index in [1.165, 1.54) is 6.42 Å². The van der Waals surface area contributed by atoms with Crippen LogP contribution in [0.3, 0.4) is 0 Å². The van der Waals surface area contributed by atoms with E-state index in [-0.39, 0.29) is 12.1 Å². The smallest absolute Gasteiger partial charge is 0.247 e. The second-order valence-electron chi connectivity index (χ2n) is 6.12. The number of hydrogen-bond acceptors (Lipinski definition) is 3. The number of rotatable bonds is 4. The highest BCUT2D eigenvalue weighted by atomic mass is 32.2. The largest absolute Gasteiger partial charge is 0.281 e. The summed E-state index contributed by atoms with van der Waals surface area (Å²) in [6, 6.07) is 0.409. The molecule has 1 aromatic rings. The first-order chi connectivity index (χ1) is 9.51. The highest BCUT2D eigenvalue weighted by molar-refractivity contribution is 7.89. The van der Waals surface area contributed by atoms with E-state index in [1.54, 1.807) is 13.8 Å². The lowest BCUT2D eigenvalue weighted by Crippen LogP contribution is -2.43. The monoisotopic (exact) mass is 297 g/mol. The molecule has 0 unspecified atom stereocenters. The zero-order chi connectivity index (χ0) is 14.3. The molecule has 0 amide bonds. The lowest BCUT2D eigenvalue weighted by molar-refractivity contribution is 0.246. The van der Waals surface area contributed by atoms with Gasteiger partial charge in [0, 0.05) is 12.1 Å². The quantitative estimate of drug-likeness (QED) is 0.928. The van der Waals surface area contributed by atoms with Crippen molar-refractivity contribution >= 4 is 10.0 Å². The van der Waals surface area contributed by atoms with E-state index in [4.69, 9.17) is 0 Å². The average Bonchev–Trinajstić information content (AvgIpc) is 3.16. The Labute approximate surface area is 120 Å². The van der Waals surface area contributed by atoms with Gasteiger partial charge in [0.1, 0.15) is 4.90 Å². The minimum atomic E-state index is -3.42. The summed E-state index contributed by atoms with van der Waals surface area (Å²) in [5.41, 5.74) is 1.24. The summed E-state index contributed by atoms with van der Waals surface area (Å²) in [4.78, 5) is 0.398. The molecule has 0 atom stereocenters. The van der Waals surface area contributed by atoms with E-state index in [2.05, 4.69) is 10.2 Å². The summed E-state index contributed by atoms with van der Waals surface area (Å²) < 4.78 is 28.0. The van der Waals surface area contributed by atoms with Crippen molar-refractivity contribution in [3.63, 3.8) is 0 Å². The Bertz CT molecular complexity index is 564. The number of nitrogens with one attached hydrogen (secondary N) is 1. The second kappa shape index (κ2) is 5.15. The average molecular weight is 297 g/mol. The Morgan fingerprint density at radius 3 is 2.15 bits per heavy atom. The van der Waals surface area contributed by atoms with Crippen molar-refractivity contribution in [3.05, 3.63) is 11.4 Å². The van der Waals surface area contributed by atoms with Gasteiger partial charge in [0.2, 0.25) is 10.0 Å². The summed E-state index contributed by atoms with van der Waals surface area (Å²) in [5.74, 6) is 0. The predicted octanol–water partition coefficient (Wildman–Crippen LogP) is 2.51. The number of sulfonamides is 1. The molecule has 1 heterocycles. The maximum atomic E-state index is 13.1. The van der Waals surface area contributed by atoms with Gasteiger partial charge in [-0.3, -0.25) is 5.10 Å². The number of aryl methyl sites for hydroxylation is 2. The van der Waals surface area contributed by atoms with E-state index in [1.807, 2.05) is 4.31 Å². The van der Waals surface area contributed by atoms with Crippen molar-refractivity contribution in [2.75, 3.05) is 0 Å². The van der Waals surface area contributed by atoms with Gasteiger partial charge < -0.3 is 0 Å². The van der Waals surface area contributed by atoms with E-state index in [0.29, 0.717) is 16.3 Å². The third kappa shape index (κ3) is 2.39. The van der Waals surface area contributed by atoms with Gasteiger partial charge in [0.05, 0.1) is 11.4 Å². The Morgan fingerprint density at radius 2 is 1.65 bits per heavy atom. The first-order valence-corrected chi connectivity index (χ1v) is 9.01. The second-order valence-corrected chi connectivity index (χ2v) is 7.90. The molecular formula is C14H23N3O2S. The minimum absolute atomic E-state index is 0.190. The van der Waals surface area contributed by atoms with Gasteiger partial charge in [0.25, 0.3) is 0 Å². The Hall–Kier alpha value is -0.880. The van der Waals surface area contributed by atoms with E-state index < -0.39 is 10.0 Å². The fourth-order valence-corrected chi connectivity index (χ4v) is 5.65. The van der Waals surface area contributed by atoms with Gasteiger partial charge in [-0.25, -0.2) is 8.42 Å². The molecule has 2 aliphatic carbocycles. The van der Waals surface area contributed by atoms with Gasteiger partial charge in [-0.2, -0.15) is 9.40 Å². The Balaban J connectivity index is 1.98. The highest BCUT2D eigenvalue weighted by Crippen LogP contribution is 2.38. The molecule has 0 saturated heterocycles. The molecule has 112 valence electrons. The van der Waals surface area contributed by atoms with Crippen LogP contribution >= 0.6 is 0 Å². The zero-order valence-electron chi connectivity index (χ0n) is 12.2. The van der Waals surface area contributed by atoms with Crippen LogP contribution in [0.25, 0.3) is 0 Å². The summed E-state index contributed by atoms with van der Waals surface area (Å²) in [5, 5.41) is 6.86. The lowest BCUT2D eigenvalue weighted by atomic mass is 9.95. The zero-order valence-corrected chi connectivity index (χ0v) is 13.0. The SMILES string of the molecule is Cc1n[nH]c(C)c1S(=O)(=O)N(C1CCCCC1)C1CC1. The molecule has 20 heavy (non-hydrogen) atoms. The van der Waals surface area contributed by atoms with Crippen LogP contribution in [0.1, 0.15) is 56.3 Å². The van der Waals surface area contributed by atoms with Crippen molar-refractivity contribution in [2.45, 2.75) is 75.8 Å². The maximum Gasteiger partial charge on any atom is 0.247 e. The molecule has 0 bridgehead atoms. The molecule has 2 fully saturated rings. The van der Waals surface area contributed by atoms with Crippen molar-refractivity contribution in [1.82, 2.24) is 14.5 Å². The van der Waals surface area contributed by atoms with Gasteiger partial charge in [-0.05, 0) is 39.5 Å². The number of nitrogens with zero attached hydrogens (tertiary/aromatic N) is 2. The molecule has 3 rings (SSSR count). The van der Waals surface area contributed by atoms with Crippen LogP contribution in [-0.4, -0.2) is 35.0 Å². The summed E-state index contributed by atoms with van der Waals surface area (Å²) in [6.07, 6.45) is 7.55. The van der Waals surface area contributed by atoms with Crippen LogP contribution in [0.15, 0.2) is 4.90 Å². The fraction of sp³-hybridized carbons (Fsp3) is 0.786. The summed E-state index contributed by atoms with van der Waals surface area (Å²) >= 11 is 0. The maximum absolute atomic E-state index is 13.1. The van der Waals surface area contributed by atoms with E-state index >= 15 is 0 Å². The van der Waals surface area contributed by atoms with Crippen molar-refractivity contribution in [1.29, 1.82) is 0 Å². The van der Waals surface area contributed by atoms with Crippen LogP contribution in [-0.2, 0) is 10.0 Å². The van der Waals surface area contributed by atoms with Crippen LogP contribution in [0.5, 0.6) is 0 Å². The first-order valence-electron chi connectivity index (χ1n) is 7.57. The molecule has 0 radical (unpaired) electrons. The summed E-state index contributed by atoms with van der Waals surface area (Å²) in [6.45, 7) is 3.56. The molecule has 2 aliphatic rings. The first kappa shape index (κ1) is 14.1. The van der Waals surface area contributed by atoms with Crippen LogP contribution in [0.4, 0.5) is 0 Å². The third-order valence-corrected chi connectivity index (χ3v) is 6.71. The van der Waals surface area contributed by atoms with E-state index in [9.17, 15) is 8.42 Å². The predicted molar refractivity (Wildman–Crippen MR) is 77.0 cm³/mol. The van der Waals surface area contributed by atoms with E-state index in [0.717, 1.165) is 38.5 Å². The molecule has 0 spiro atoms. The number of aromatic nitrogens is 2. The van der Waals surface area contributed by atoms with Crippen LogP contribution in [0.2, 0.25) is 0 Å². The normalized spacial score (nSPS) is 21.6. The minimum Gasteiger partial charge on any atom is -0.281 e. The Kier molecular flexibility index (Phi) is 3.62.